The van der Waals surface area contributed by atoms with Crippen LogP contribution in [0.3, 0.4) is 0 Å². The highest BCUT2D eigenvalue weighted by Gasteiger charge is 2.13. The fourth-order valence-electron chi connectivity index (χ4n) is 1.66. The molecule has 2 aromatic rings. The minimum absolute atomic E-state index is 0.0803. The second kappa shape index (κ2) is 5.41. The molecule has 102 valence electrons. The van der Waals surface area contributed by atoms with Crippen molar-refractivity contribution in [3.63, 3.8) is 0 Å². The predicted molar refractivity (Wildman–Crippen MR) is 73.8 cm³/mol. The van der Waals surface area contributed by atoms with Gasteiger partial charge in [0.25, 0.3) is 0 Å². The Morgan fingerprint density at radius 2 is 1.84 bits per heavy atom. The fourth-order valence-corrected chi connectivity index (χ4v) is 2.88. The van der Waals surface area contributed by atoms with Crippen LogP contribution in [0.4, 0.5) is 5.82 Å². The standard InChI is InChI=1S/C12H16N4O2S/c1-16-12(6-7-14-16)15-19(17,18)9-11-4-2-10(8-13)3-5-11/h2-7,15H,8-9,13H2,1H3. The van der Waals surface area contributed by atoms with E-state index in [2.05, 4.69) is 9.82 Å². The van der Waals surface area contributed by atoms with Crippen molar-refractivity contribution < 1.29 is 8.42 Å². The molecule has 1 aromatic heterocycles. The number of nitrogens with one attached hydrogen (secondary N) is 1. The van der Waals surface area contributed by atoms with Gasteiger partial charge in [-0.1, -0.05) is 24.3 Å². The van der Waals surface area contributed by atoms with E-state index in [0.29, 0.717) is 17.9 Å². The van der Waals surface area contributed by atoms with Crippen LogP contribution in [0.1, 0.15) is 11.1 Å². The Labute approximate surface area is 112 Å². The summed E-state index contributed by atoms with van der Waals surface area (Å²) in [4.78, 5) is 0. The lowest BCUT2D eigenvalue weighted by Gasteiger charge is -2.08. The van der Waals surface area contributed by atoms with Crippen molar-refractivity contribution in [3.8, 4) is 0 Å². The van der Waals surface area contributed by atoms with E-state index in [1.54, 1.807) is 25.2 Å². The molecular formula is C12H16N4O2S. The summed E-state index contributed by atoms with van der Waals surface area (Å²) in [5.74, 6) is 0.363. The second-order valence-corrected chi connectivity index (χ2v) is 5.94. The van der Waals surface area contributed by atoms with E-state index in [0.717, 1.165) is 5.56 Å². The maximum absolute atomic E-state index is 12.0. The molecule has 0 amide bonds. The molecule has 0 fully saturated rings. The molecule has 0 saturated carbocycles. The van der Waals surface area contributed by atoms with Crippen LogP contribution in [0.15, 0.2) is 36.5 Å². The first-order chi connectivity index (χ1) is 9.00. The summed E-state index contributed by atoms with van der Waals surface area (Å²) >= 11 is 0. The van der Waals surface area contributed by atoms with Gasteiger partial charge >= 0.3 is 0 Å². The van der Waals surface area contributed by atoms with Crippen molar-refractivity contribution in [2.45, 2.75) is 12.3 Å². The van der Waals surface area contributed by atoms with E-state index >= 15 is 0 Å². The molecule has 3 N–H and O–H groups in total. The lowest BCUT2D eigenvalue weighted by atomic mass is 10.1. The van der Waals surface area contributed by atoms with Crippen LogP contribution in [-0.2, 0) is 29.4 Å². The van der Waals surface area contributed by atoms with Crippen molar-refractivity contribution in [2.24, 2.45) is 12.8 Å². The Morgan fingerprint density at radius 3 is 2.37 bits per heavy atom. The highest BCUT2D eigenvalue weighted by atomic mass is 32.2. The molecule has 0 radical (unpaired) electrons. The van der Waals surface area contributed by atoms with Gasteiger partial charge in [-0.25, -0.2) is 8.42 Å². The van der Waals surface area contributed by atoms with Gasteiger partial charge in [0.15, 0.2) is 0 Å². The average molecular weight is 280 g/mol. The monoisotopic (exact) mass is 280 g/mol. The minimum atomic E-state index is -3.44. The number of hydrogen-bond acceptors (Lipinski definition) is 4. The molecule has 0 spiro atoms. The Bertz CT molecular complexity index is 647. The molecule has 0 aliphatic carbocycles. The average Bonchev–Trinajstić information content (AvgIpc) is 2.75. The van der Waals surface area contributed by atoms with E-state index in [1.165, 1.54) is 10.9 Å². The smallest absolute Gasteiger partial charge is 0.238 e. The van der Waals surface area contributed by atoms with E-state index in [-0.39, 0.29) is 5.75 Å². The highest BCUT2D eigenvalue weighted by Crippen LogP contribution is 2.12. The van der Waals surface area contributed by atoms with Gasteiger partial charge in [0, 0.05) is 19.7 Å². The molecule has 19 heavy (non-hydrogen) atoms. The number of nitrogens with two attached hydrogens (primary N) is 1. The lowest BCUT2D eigenvalue weighted by molar-refractivity contribution is 0.599. The molecule has 0 saturated heterocycles. The number of nitrogens with zero attached hydrogens (tertiary/aromatic N) is 2. The molecule has 0 aliphatic rings. The van der Waals surface area contributed by atoms with Crippen LogP contribution in [0.2, 0.25) is 0 Å². The van der Waals surface area contributed by atoms with Gasteiger partial charge in [-0.3, -0.25) is 9.40 Å². The third-order valence-electron chi connectivity index (χ3n) is 2.70. The summed E-state index contributed by atoms with van der Waals surface area (Å²) < 4.78 is 28.0. The highest BCUT2D eigenvalue weighted by molar-refractivity contribution is 7.91. The SMILES string of the molecule is Cn1nccc1NS(=O)(=O)Cc1ccc(CN)cc1. The summed E-state index contributed by atoms with van der Waals surface area (Å²) in [7, 11) is -1.77. The quantitative estimate of drug-likeness (QED) is 0.848. The van der Waals surface area contributed by atoms with Crippen LogP contribution in [0, 0.1) is 0 Å². The molecule has 7 heteroatoms. The Hall–Kier alpha value is -1.86. The van der Waals surface area contributed by atoms with Gasteiger partial charge in [-0.2, -0.15) is 5.10 Å². The predicted octanol–water partition coefficient (Wildman–Crippen LogP) is 0.821. The van der Waals surface area contributed by atoms with Gasteiger partial charge in [0.05, 0.1) is 11.9 Å². The lowest BCUT2D eigenvalue weighted by Crippen LogP contribution is -2.17. The Balaban J connectivity index is 2.10. The third-order valence-corrected chi connectivity index (χ3v) is 3.93. The van der Waals surface area contributed by atoms with Crippen molar-refractivity contribution in [3.05, 3.63) is 47.7 Å². The zero-order valence-corrected chi connectivity index (χ0v) is 11.4. The number of benzene rings is 1. The molecule has 0 aliphatic heterocycles. The van der Waals surface area contributed by atoms with Crippen LogP contribution >= 0.6 is 0 Å². The molecule has 1 aromatic carbocycles. The van der Waals surface area contributed by atoms with Crippen LogP contribution in [0.25, 0.3) is 0 Å². The number of sulfonamides is 1. The van der Waals surface area contributed by atoms with E-state index in [1.807, 2.05) is 12.1 Å². The Kier molecular flexibility index (Phi) is 3.87. The largest absolute Gasteiger partial charge is 0.326 e. The summed E-state index contributed by atoms with van der Waals surface area (Å²) in [6.45, 7) is 0.445. The first kappa shape index (κ1) is 13.6. The van der Waals surface area contributed by atoms with Crippen LogP contribution in [-0.4, -0.2) is 18.2 Å². The Morgan fingerprint density at radius 1 is 1.21 bits per heavy atom. The summed E-state index contributed by atoms with van der Waals surface area (Å²) in [6, 6.07) is 8.80. The first-order valence-electron chi connectivity index (χ1n) is 5.76. The van der Waals surface area contributed by atoms with Crippen molar-refractivity contribution in [2.75, 3.05) is 4.72 Å². The molecule has 2 rings (SSSR count). The summed E-state index contributed by atoms with van der Waals surface area (Å²) in [6.07, 6.45) is 1.54. The van der Waals surface area contributed by atoms with Crippen molar-refractivity contribution >= 4 is 15.8 Å². The van der Waals surface area contributed by atoms with Crippen LogP contribution < -0.4 is 10.5 Å². The number of anilines is 1. The number of aryl methyl sites for hydroxylation is 1. The maximum Gasteiger partial charge on any atom is 0.238 e. The van der Waals surface area contributed by atoms with E-state index in [9.17, 15) is 8.42 Å². The number of rotatable bonds is 5. The van der Waals surface area contributed by atoms with Gasteiger partial charge in [0.2, 0.25) is 10.0 Å². The zero-order chi connectivity index (χ0) is 13.9. The zero-order valence-electron chi connectivity index (χ0n) is 10.6. The van der Waals surface area contributed by atoms with Gasteiger partial charge < -0.3 is 5.73 Å². The topological polar surface area (TPSA) is 90.0 Å². The van der Waals surface area contributed by atoms with E-state index in [4.69, 9.17) is 5.73 Å². The first-order valence-corrected chi connectivity index (χ1v) is 7.42. The number of hydrogen-bond donors (Lipinski definition) is 2. The molecule has 0 bridgehead atoms. The summed E-state index contributed by atoms with van der Waals surface area (Å²) in [5, 5.41) is 3.91. The van der Waals surface area contributed by atoms with Crippen molar-refractivity contribution in [1.29, 1.82) is 0 Å². The fraction of sp³-hybridized carbons (Fsp3) is 0.250. The minimum Gasteiger partial charge on any atom is -0.326 e. The molecule has 6 nitrogen and oxygen atoms in total. The van der Waals surface area contributed by atoms with Gasteiger partial charge in [-0.15, -0.1) is 0 Å². The number of aromatic nitrogens is 2. The van der Waals surface area contributed by atoms with Crippen molar-refractivity contribution in [1.82, 2.24) is 9.78 Å². The van der Waals surface area contributed by atoms with E-state index < -0.39 is 10.0 Å². The van der Waals surface area contributed by atoms with Crippen LogP contribution in [0.5, 0.6) is 0 Å². The second-order valence-electron chi connectivity index (χ2n) is 4.22. The molecule has 0 unspecified atom stereocenters. The normalized spacial score (nSPS) is 11.5. The third kappa shape index (κ3) is 3.55. The summed E-state index contributed by atoms with van der Waals surface area (Å²) in [5.41, 5.74) is 7.18. The van der Waals surface area contributed by atoms with Gasteiger partial charge in [0.1, 0.15) is 5.82 Å². The molecule has 0 atom stereocenters. The molecular weight excluding hydrogens is 264 g/mol. The van der Waals surface area contributed by atoms with Gasteiger partial charge in [-0.05, 0) is 11.1 Å². The molecule has 1 heterocycles. The maximum atomic E-state index is 12.0.